The number of aliphatic hydroxyl groups excluding tert-OH is 1. The van der Waals surface area contributed by atoms with Crippen molar-refractivity contribution in [1.82, 2.24) is 0 Å². The van der Waals surface area contributed by atoms with E-state index in [1.807, 2.05) is 0 Å². The molecule has 0 bridgehead atoms. The molecule has 2 nitrogen and oxygen atoms in total. The van der Waals surface area contributed by atoms with Crippen molar-refractivity contribution in [3.63, 3.8) is 0 Å². The van der Waals surface area contributed by atoms with Gasteiger partial charge in [0.1, 0.15) is 5.82 Å². The van der Waals surface area contributed by atoms with Crippen molar-refractivity contribution in [2.45, 2.75) is 43.1 Å². The number of halogens is 1. The first-order valence-corrected chi connectivity index (χ1v) is 7.79. The van der Waals surface area contributed by atoms with Crippen molar-refractivity contribution in [2.24, 2.45) is 5.92 Å². The monoisotopic (exact) mass is 270 g/mol. The van der Waals surface area contributed by atoms with Gasteiger partial charge in [-0.2, -0.15) is 0 Å². The van der Waals surface area contributed by atoms with E-state index in [4.69, 9.17) is 0 Å². The molecule has 2 unspecified atom stereocenters. The van der Waals surface area contributed by atoms with Gasteiger partial charge in [-0.05, 0) is 30.5 Å². The molecule has 2 rings (SSSR count). The van der Waals surface area contributed by atoms with Crippen LogP contribution in [0.25, 0.3) is 0 Å². The summed E-state index contributed by atoms with van der Waals surface area (Å²) in [6.07, 6.45) is 5.00. The first-order chi connectivity index (χ1) is 8.65. The maximum Gasteiger partial charge on any atom is 0.124 e. The Kier molecular flexibility index (Phi) is 4.89. The lowest BCUT2D eigenvalue weighted by Crippen LogP contribution is -2.19. The standard InChI is InChI=1S/C14H19FO2S/c15-12-6-3-7-14(9-12)18(17)10-13(16)8-11-4-1-2-5-11/h3,6-7,9,11,13,16H,1-2,4-5,8,10H2. The van der Waals surface area contributed by atoms with Crippen LogP contribution in [0.1, 0.15) is 32.1 Å². The number of hydrogen-bond donors (Lipinski definition) is 1. The van der Waals surface area contributed by atoms with E-state index in [1.165, 1.54) is 37.8 Å². The molecule has 0 amide bonds. The molecule has 0 radical (unpaired) electrons. The van der Waals surface area contributed by atoms with E-state index in [0.29, 0.717) is 10.8 Å². The van der Waals surface area contributed by atoms with Crippen LogP contribution in [0.3, 0.4) is 0 Å². The van der Waals surface area contributed by atoms with Gasteiger partial charge in [-0.15, -0.1) is 0 Å². The normalized spacial score (nSPS) is 19.9. The summed E-state index contributed by atoms with van der Waals surface area (Å²) in [6.45, 7) is 0. The molecule has 1 N–H and O–H groups in total. The molecule has 2 atom stereocenters. The van der Waals surface area contributed by atoms with Gasteiger partial charge in [0.05, 0.1) is 22.7 Å². The Morgan fingerprint density at radius 1 is 1.39 bits per heavy atom. The molecule has 1 aromatic rings. The van der Waals surface area contributed by atoms with Crippen molar-refractivity contribution in [1.29, 1.82) is 0 Å². The molecule has 1 saturated carbocycles. The lowest BCUT2D eigenvalue weighted by atomic mass is 10.0. The molecule has 0 aromatic heterocycles. The third kappa shape index (κ3) is 3.89. The highest BCUT2D eigenvalue weighted by atomic mass is 32.2. The highest BCUT2D eigenvalue weighted by Crippen LogP contribution is 2.28. The zero-order chi connectivity index (χ0) is 13.0. The van der Waals surface area contributed by atoms with Crippen molar-refractivity contribution < 1.29 is 13.7 Å². The summed E-state index contributed by atoms with van der Waals surface area (Å²) in [5, 5.41) is 9.92. The number of rotatable bonds is 5. The summed E-state index contributed by atoms with van der Waals surface area (Å²) >= 11 is 0. The second-order valence-corrected chi connectivity index (χ2v) is 6.51. The Bertz CT molecular complexity index is 416. The second kappa shape index (κ2) is 6.43. The summed E-state index contributed by atoms with van der Waals surface area (Å²) in [5.41, 5.74) is 0. The molecule has 18 heavy (non-hydrogen) atoms. The van der Waals surface area contributed by atoms with Crippen LogP contribution in [0.2, 0.25) is 0 Å². The Balaban J connectivity index is 1.86. The molecule has 100 valence electrons. The van der Waals surface area contributed by atoms with Crippen LogP contribution in [-0.4, -0.2) is 21.2 Å². The minimum atomic E-state index is -1.31. The quantitative estimate of drug-likeness (QED) is 0.893. The topological polar surface area (TPSA) is 37.3 Å². The number of hydrogen-bond acceptors (Lipinski definition) is 2. The first-order valence-electron chi connectivity index (χ1n) is 6.47. The SMILES string of the molecule is O=S(CC(O)CC1CCCC1)c1cccc(F)c1. The Labute approximate surface area is 110 Å². The summed E-state index contributed by atoms with van der Waals surface area (Å²) in [4.78, 5) is 0.459. The molecule has 1 aliphatic rings. The van der Waals surface area contributed by atoms with Crippen molar-refractivity contribution >= 4 is 10.8 Å². The highest BCUT2D eigenvalue weighted by Gasteiger charge is 2.20. The first kappa shape index (κ1) is 13.7. The molecule has 1 aromatic carbocycles. The van der Waals surface area contributed by atoms with Gasteiger partial charge < -0.3 is 5.11 Å². The van der Waals surface area contributed by atoms with Crippen LogP contribution in [-0.2, 0) is 10.8 Å². The third-order valence-corrected chi connectivity index (χ3v) is 4.95. The van der Waals surface area contributed by atoms with Crippen molar-refractivity contribution in [2.75, 3.05) is 5.75 Å². The minimum absolute atomic E-state index is 0.208. The average Bonchev–Trinajstić information content (AvgIpc) is 2.81. The Hall–Kier alpha value is -0.740. The van der Waals surface area contributed by atoms with Crippen LogP contribution in [0, 0.1) is 11.7 Å². The molecule has 0 spiro atoms. The van der Waals surface area contributed by atoms with E-state index in [2.05, 4.69) is 0 Å². The molecular formula is C14H19FO2S. The maximum absolute atomic E-state index is 13.0. The molecule has 1 aliphatic carbocycles. The van der Waals surface area contributed by atoms with E-state index in [1.54, 1.807) is 12.1 Å². The zero-order valence-electron chi connectivity index (χ0n) is 10.3. The summed E-state index contributed by atoms with van der Waals surface area (Å²) in [6, 6.07) is 5.79. The van der Waals surface area contributed by atoms with Gasteiger partial charge in [0, 0.05) is 4.90 Å². The van der Waals surface area contributed by atoms with E-state index >= 15 is 0 Å². The molecule has 0 saturated heterocycles. The smallest absolute Gasteiger partial charge is 0.124 e. The summed E-state index contributed by atoms with van der Waals surface area (Å²) in [7, 11) is -1.31. The fraction of sp³-hybridized carbons (Fsp3) is 0.571. The van der Waals surface area contributed by atoms with Gasteiger partial charge in [-0.25, -0.2) is 4.39 Å². The van der Waals surface area contributed by atoms with Gasteiger partial charge >= 0.3 is 0 Å². The lowest BCUT2D eigenvalue weighted by molar-refractivity contribution is 0.165. The van der Waals surface area contributed by atoms with Gasteiger partial charge in [-0.1, -0.05) is 31.7 Å². The molecule has 0 heterocycles. The highest BCUT2D eigenvalue weighted by molar-refractivity contribution is 7.85. The van der Waals surface area contributed by atoms with Crippen LogP contribution >= 0.6 is 0 Å². The van der Waals surface area contributed by atoms with Gasteiger partial charge in [0.25, 0.3) is 0 Å². The number of aliphatic hydroxyl groups is 1. The Morgan fingerprint density at radius 2 is 2.11 bits per heavy atom. The van der Waals surface area contributed by atoms with Crippen molar-refractivity contribution in [3.05, 3.63) is 30.1 Å². The maximum atomic E-state index is 13.0. The van der Waals surface area contributed by atoms with Gasteiger partial charge in [0.15, 0.2) is 0 Å². The summed E-state index contributed by atoms with van der Waals surface area (Å²) < 4.78 is 25.0. The van der Waals surface area contributed by atoms with Gasteiger partial charge in [0.2, 0.25) is 0 Å². The van der Waals surface area contributed by atoms with Gasteiger partial charge in [-0.3, -0.25) is 4.21 Å². The largest absolute Gasteiger partial charge is 0.392 e. The molecule has 4 heteroatoms. The number of benzene rings is 1. The van der Waals surface area contributed by atoms with Crippen LogP contribution in [0.5, 0.6) is 0 Å². The molecular weight excluding hydrogens is 251 g/mol. The molecule has 1 fully saturated rings. The van der Waals surface area contributed by atoms with E-state index in [-0.39, 0.29) is 11.6 Å². The predicted octanol–water partition coefficient (Wildman–Crippen LogP) is 2.87. The van der Waals surface area contributed by atoms with E-state index in [0.717, 1.165) is 6.42 Å². The zero-order valence-corrected chi connectivity index (χ0v) is 11.2. The van der Waals surface area contributed by atoms with Crippen LogP contribution in [0.4, 0.5) is 4.39 Å². The van der Waals surface area contributed by atoms with Crippen molar-refractivity contribution in [3.8, 4) is 0 Å². The summed E-state index contributed by atoms with van der Waals surface area (Å²) in [5.74, 6) is 0.399. The van der Waals surface area contributed by atoms with E-state index in [9.17, 15) is 13.7 Å². The fourth-order valence-corrected chi connectivity index (χ4v) is 3.73. The molecule has 0 aliphatic heterocycles. The fourth-order valence-electron chi connectivity index (χ4n) is 2.58. The third-order valence-electron chi connectivity index (χ3n) is 3.48. The predicted molar refractivity (Wildman–Crippen MR) is 70.3 cm³/mol. The average molecular weight is 270 g/mol. The lowest BCUT2D eigenvalue weighted by Gasteiger charge is -2.14. The van der Waals surface area contributed by atoms with E-state index < -0.39 is 16.9 Å². The van der Waals surface area contributed by atoms with Crippen LogP contribution < -0.4 is 0 Å². The minimum Gasteiger partial charge on any atom is -0.392 e. The second-order valence-electron chi connectivity index (χ2n) is 5.01. The van der Waals surface area contributed by atoms with Crippen LogP contribution in [0.15, 0.2) is 29.2 Å². The Morgan fingerprint density at radius 3 is 2.78 bits per heavy atom.